The quantitative estimate of drug-likeness (QED) is 0.637. The van der Waals surface area contributed by atoms with Crippen LogP contribution in [0.2, 0.25) is 0 Å². The van der Waals surface area contributed by atoms with E-state index in [1.165, 1.54) is 29.2 Å². The molecule has 5 nitrogen and oxygen atoms in total. The fourth-order valence-corrected chi connectivity index (χ4v) is 4.90. The van der Waals surface area contributed by atoms with Gasteiger partial charge in [0.25, 0.3) is 0 Å². The second-order valence-corrected chi connectivity index (χ2v) is 8.28. The van der Waals surface area contributed by atoms with Crippen LogP contribution in [0, 0.1) is 0 Å². The summed E-state index contributed by atoms with van der Waals surface area (Å²) in [5.74, 6) is 0.0128. The van der Waals surface area contributed by atoms with Crippen molar-refractivity contribution in [3.63, 3.8) is 0 Å². The molecule has 148 valence electrons. The number of benzene rings is 2. The second-order valence-electron chi connectivity index (χ2n) is 8.28. The number of nitrogens with one attached hydrogen (secondary N) is 1. The predicted octanol–water partition coefficient (Wildman–Crippen LogP) is 4.39. The smallest absolute Gasteiger partial charge is 0.331 e. The number of rotatable bonds is 2. The van der Waals surface area contributed by atoms with Crippen LogP contribution in [-0.4, -0.2) is 28.7 Å². The summed E-state index contributed by atoms with van der Waals surface area (Å²) in [6.07, 6.45) is 4.93. The minimum Gasteiger partial charge on any atom is -0.508 e. The van der Waals surface area contributed by atoms with E-state index in [0.29, 0.717) is 6.42 Å². The second kappa shape index (κ2) is 6.48. The number of aromatic nitrogens is 1. The molecule has 0 radical (unpaired) electrons. The minimum atomic E-state index is -0.747. The van der Waals surface area contributed by atoms with Gasteiger partial charge in [0, 0.05) is 23.1 Å². The van der Waals surface area contributed by atoms with Gasteiger partial charge in [-0.15, -0.1) is 0 Å². The lowest BCUT2D eigenvalue weighted by molar-refractivity contribution is -0.145. The number of carbonyl (C=O) groups is 1. The van der Waals surface area contributed by atoms with Gasteiger partial charge >= 0.3 is 5.97 Å². The van der Waals surface area contributed by atoms with Crippen LogP contribution in [0.3, 0.4) is 0 Å². The first kappa shape index (κ1) is 18.0. The number of phenolic OH excluding ortho intramolecular Hbond substituents is 1. The number of esters is 1. The molecule has 0 amide bonds. The summed E-state index contributed by atoms with van der Waals surface area (Å²) < 4.78 is 5.04. The number of hydrogen-bond acceptors (Lipinski definition) is 5. The molecule has 29 heavy (non-hydrogen) atoms. The van der Waals surface area contributed by atoms with Gasteiger partial charge in [-0.05, 0) is 85.7 Å². The summed E-state index contributed by atoms with van der Waals surface area (Å²) in [6.45, 7) is 1.90. The van der Waals surface area contributed by atoms with E-state index in [2.05, 4.69) is 5.32 Å². The molecular formula is C24H24N2O3. The SMILES string of the molecule is COC(=O)C1(C)Cc2c(ccc3nc(-c4ccc(O)cc4)c4c(c23)CCCC4)N1. The van der Waals surface area contributed by atoms with E-state index < -0.39 is 5.54 Å². The van der Waals surface area contributed by atoms with E-state index in [1.807, 2.05) is 31.2 Å². The number of aryl methyl sites for hydroxylation is 1. The maximum atomic E-state index is 12.4. The lowest BCUT2D eigenvalue weighted by Gasteiger charge is -2.23. The molecule has 0 saturated heterocycles. The molecule has 5 heteroatoms. The van der Waals surface area contributed by atoms with Crippen molar-refractivity contribution in [1.82, 2.24) is 4.98 Å². The standard InChI is InChI=1S/C24H24N2O3/c1-24(23(28)29-2)13-18-19(26-24)11-12-20-21(18)16-5-3-4-6-17(16)22(25-20)14-7-9-15(27)10-8-14/h7-12,26-27H,3-6,13H2,1-2H3. The monoisotopic (exact) mass is 388 g/mol. The van der Waals surface area contributed by atoms with Gasteiger partial charge in [-0.2, -0.15) is 0 Å². The fourth-order valence-electron chi connectivity index (χ4n) is 4.90. The molecule has 2 aliphatic rings. The van der Waals surface area contributed by atoms with Crippen molar-refractivity contribution in [2.24, 2.45) is 0 Å². The number of pyridine rings is 1. The van der Waals surface area contributed by atoms with E-state index in [-0.39, 0.29) is 11.7 Å². The van der Waals surface area contributed by atoms with Crippen LogP contribution >= 0.6 is 0 Å². The maximum Gasteiger partial charge on any atom is 0.331 e. The highest BCUT2D eigenvalue weighted by atomic mass is 16.5. The highest BCUT2D eigenvalue weighted by Crippen LogP contribution is 2.43. The molecule has 1 aliphatic heterocycles. The molecule has 0 bridgehead atoms. The van der Waals surface area contributed by atoms with Crippen molar-refractivity contribution < 1.29 is 14.6 Å². The Morgan fingerprint density at radius 2 is 1.79 bits per heavy atom. The Balaban J connectivity index is 1.74. The largest absolute Gasteiger partial charge is 0.508 e. The number of ether oxygens (including phenoxy) is 1. The van der Waals surface area contributed by atoms with Crippen molar-refractivity contribution in [2.45, 2.75) is 44.6 Å². The predicted molar refractivity (Wildman–Crippen MR) is 113 cm³/mol. The van der Waals surface area contributed by atoms with E-state index in [9.17, 15) is 9.90 Å². The maximum absolute atomic E-state index is 12.4. The number of nitrogens with zero attached hydrogens (tertiary/aromatic N) is 1. The Labute approximate surface area is 169 Å². The molecule has 1 unspecified atom stereocenters. The van der Waals surface area contributed by atoms with Crippen LogP contribution in [0.5, 0.6) is 5.75 Å². The number of carbonyl (C=O) groups excluding carboxylic acids is 1. The van der Waals surface area contributed by atoms with E-state index in [4.69, 9.17) is 9.72 Å². The Bertz CT molecular complexity index is 1140. The molecule has 1 aliphatic carbocycles. The average molecular weight is 388 g/mol. The zero-order valence-electron chi connectivity index (χ0n) is 16.7. The first-order chi connectivity index (χ1) is 14.0. The van der Waals surface area contributed by atoms with Gasteiger partial charge in [-0.3, -0.25) is 0 Å². The molecule has 0 saturated carbocycles. The number of fused-ring (bicyclic) bond motifs is 5. The first-order valence-electron chi connectivity index (χ1n) is 10.1. The zero-order chi connectivity index (χ0) is 20.2. The van der Waals surface area contributed by atoms with Crippen LogP contribution in [0.4, 0.5) is 5.69 Å². The Morgan fingerprint density at radius 3 is 2.52 bits per heavy atom. The Hall–Kier alpha value is -3.08. The van der Waals surface area contributed by atoms with Gasteiger partial charge in [0.05, 0.1) is 18.3 Å². The lowest BCUT2D eigenvalue weighted by Crippen LogP contribution is -2.42. The summed E-state index contributed by atoms with van der Waals surface area (Å²) >= 11 is 0. The van der Waals surface area contributed by atoms with Gasteiger partial charge in [-0.1, -0.05) is 0 Å². The summed E-state index contributed by atoms with van der Waals surface area (Å²) in [7, 11) is 1.43. The highest BCUT2D eigenvalue weighted by molar-refractivity contribution is 5.98. The molecule has 2 heterocycles. The van der Waals surface area contributed by atoms with Crippen LogP contribution in [0.1, 0.15) is 36.5 Å². The molecule has 1 atom stereocenters. The molecule has 2 aromatic carbocycles. The van der Waals surface area contributed by atoms with E-state index in [1.54, 1.807) is 12.1 Å². The van der Waals surface area contributed by atoms with Crippen molar-refractivity contribution in [1.29, 1.82) is 0 Å². The summed E-state index contributed by atoms with van der Waals surface area (Å²) in [6, 6.07) is 11.4. The highest BCUT2D eigenvalue weighted by Gasteiger charge is 2.41. The summed E-state index contributed by atoms with van der Waals surface area (Å²) in [4.78, 5) is 17.4. The number of hydrogen-bond donors (Lipinski definition) is 2. The molecule has 3 aromatic rings. The first-order valence-corrected chi connectivity index (χ1v) is 10.1. The normalized spacial score (nSPS) is 20.1. The van der Waals surface area contributed by atoms with Crippen LogP contribution < -0.4 is 5.32 Å². The van der Waals surface area contributed by atoms with Crippen molar-refractivity contribution in [3.05, 3.63) is 53.1 Å². The fraction of sp³-hybridized carbons (Fsp3) is 0.333. The number of methoxy groups -OCH3 is 1. The van der Waals surface area contributed by atoms with Gasteiger partial charge in [0.2, 0.25) is 0 Å². The van der Waals surface area contributed by atoms with Gasteiger partial charge in [0.1, 0.15) is 11.3 Å². The average Bonchev–Trinajstić information content (AvgIpc) is 3.10. The number of anilines is 1. The third kappa shape index (κ3) is 2.76. The van der Waals surface area contributed by atoms with Crippen molar-refractivity contribution in [2.75, 3.05) is 12.4 Å². The van der Waals surface area contributed by atoms with Crippen molar-refractivity contribution >= 4 is 22.6 Å². The molecule has 0 fully saturated rings. The molecule has 1 aromatic heterocycles. The van der Waals surface area contributed by atoms with Crippen LogP contribution in [0.25, 0.3) is 22.2 Å². The molecule has 5 rings (SSSR count). The van der Waals surface area contributed by atoms with E-state index in [0.717, 1.165) is 48.1 Å². The van der Waals surface area contributed by atoms with Gasteiger partial charge in [0.15, 0.2) is 0 Å². The summed E-state index contributed by atoms with van der Waals surface area (Å²) in [5.41, 5.74) is 7.07. The third-order valence-corrected chi connectivity index (χ3v) is 6.30. The molecule has 0 spiro atoms. The van der Waals surface area contributed by atoms with Gasteiger partial charge in [-0.25, -0.2) is 9.78 Å². The topological polar surface area (TPSA) is 71.5 Å². The van der Waals surface area contributed by atoms with Crippen LogP contribution in [-0.2, 0) is 28.8 Å². The molecular weight excluding hydrogens is 364 g/mol. The lowest BCUT2D eigenvalue weighted by atomic mass is 9.84. The third-order valence-electron chi connectivity index (χ3n) is 6.30. The van der Waals surface area contributed by atoms with Crippen LogP contribution in [0.15, 0.2) is 36.4 Å². The summed E-state index contributed by atoms with van der Waals surface area (Å²) in [5, 5.41) is 14.2. The Morgan fingerprint density at radius 1 is 1.07 bits per heavy atom. The zero-order valence-corrected chi connectivity index (χ0v) is 16.7. The van der Waals surface area contributed by atoms with Gasteiger partial charge < -0.3 is 15.2 Å². The minimum absolute atomic E-state index is 0.246. The Kier molecular flexibility index (Phi) is 4.02. The molecule has 2 N–H and O–H groups in total. The number of aromatic hydroxyl groups is 1. The number of phenols is 1. The van der Waals surface area contributed by atoms with E-state index >= 15 is 0 Å². The van der Waals surface area contributed by atoms with Crippen molar-refractivity contribution in [3.8, 4) is 17.0 Å².